The highest BCUT2D eigenvalue weighted by Crippen LogP contribution is 2.22. The number of thioether (sulfide) groups is 1. The topological polar surface area (TPSA) is 55.1 Å². The van der Waals surface area contributed by atoms with Gasteiger partial charge in [0.25, 0.3) is 0 Å². The van der Waals surface area contributed by atoms with Crippen molar-refractivity contribution >= 4 is 45.0 Å². The molecule has 0 aliphatic carbocycles. The SMILES string of the molecule is Nc1ccccc1NC(=O)CSc1ccc(Br)cc1. The largest absolute Gasteiger partial charge is 0.397 e. The van der Waals surface area contributed by atoms with Gasteiger partial charge in [-0.05, 0) is 36.4 Å². The number of amides is 1. The molecule has 0 aliphatic heterocycles. The number of anilines is 2. The average molecular weight is 337 g/mol. The molecule has 0 radical (unpaired) electrons. The molecule has 19 heavy (non-hydrogen) atoms. The van der Waals surface area contributed by atoms with E-state index in [4.69, 9.17) is 5.73 Å². The zero-order valence-electron chi connectivity index (χ0n) is 10.1. The number of rotatable bonds is 4. The second kappa shape index (κ2) is 6.63. The molecule has 3 nitrogen and oxygen atoms in total. The monoisotopic (exact) mass is 336 g/mol. The third kappa shape index (κ3) is 4.29. The van der Waals surface area contributed by atoms with Crippen LogP contribution in [0.2, 0.25) is 0 Å². The number of benzene rings is 2. The lowest BCUT2D eigenvalue weighted by Gasteiger charge is -2.07. The molecule has 3 N–H and O–H groups in total. The molecule has 2 rings (SSSR count). The summed E-state index contributed by atoms with van der Waals surface area (Å²) >= 11 is 4.86. The number of hydrogen-bond donors (Lipinski definition) is 2. The van der Waals surface area contributed by atoms with E-state index in [-0.39, 0.29) is 5.91 Å². The summed E-state index contributed by atoms with van der Waals surface area (Å²) in [5.74, 6) is 0.293. The maximum absolute atomic E-state index is 11.8. The van der Waals surface area contributed by atoms with E-state index in [1.807, 2.05) is 36.4 Å². The second-order valence-corrected chi connectivity index (χ2v) is 5.84. The summed E-state index contributed by atoms with van der Waals surface area (Å²) in [7, 11) is 0. The van der Waals surface area contributed by atoms with Gasteiger partial charge in [-0.3, -0.25) is 4.79 Å². The Bertz CT molecular complexity index is 572. The van der Waals surface area contributed by atoms with Crippen molar-refractivity contribution in [3.63, 3.8) is 0 Å². The fraction of sp³-hybridized carbons (Fsp3) is 0.0714. The van der Waals surface area contributed by atoms with Crippen LogP contribution < -0.4 is 11.1 Å². The van der Waals surface area contributed by atoms with E-state index >= 15 is 0 Å². The van der Waals surface area contributed by atoms with E-state index in [2.05, 4.69) is 21.2 Å². The molecule has 0 saturated heterocycles. The summed E-state index contributed by atoms with van der Waals surface area (Å²) in [6, 6.07) is 15.1. The summed E-state index contributed by atoms with van der Waals surface area (Å²) in [6.45, 7) is 0. The van der Waals surface area contributed by atoms with Crippen molar-refractivity contribution in [1.82, 2.24) is 0 Å². The van der Waals surface area contributed by atoms with Crippen LogP contribution in [-0.4, -0.2) is 11.7 Å². The molecular weight excluding hydrogens is 324 g/mol. The van der Waals surface area contributed by atoms with Gasteiger partial charge in [0.05, 0.1) is 17.1 Å². The lowest BCUT2D eigenvalue weighted by atomic mass is 10.3. The minimum absolute atomic E-state index is 0.0641. The molecule has 98 valence electrons. The van der Waals surface area contributed by atoms with Crippen molar-refractivity contribution < 1.29 is 4.79 Å². The van der Waals surface area contributed by atoms with Gasteiger partial charge in [-0.2, -0.15) is 0 Å². The highest BCUT2D eigenvalue weighted by atomic mass is 79.9. The van der Waals surface area contributed by atoms with Crippen LogP contribution in [-0.2, 0) is 4.79 Å². The van der Waals surface area contributed by atoms with Gasteiger partial charge < -0.3 is 11.1 Å². The van der Waals surface area contributed by atoms with Crippen LogP contribution >= 0.6 is 27.7 Å². The second-order valence-electron chi connectivity index (χ2n) is 3.88. The predicted octanol–water partition coefficient (Wildman–Crippen LogP) is 3.76. The first-order valence-corrected chi connectivity index (χ1v) is 7.46. The summed E-state index contributed by atoms with van der Waals surface area (Å²) in [4.78, 5) is 12.9. The molecule has 2 aromatic carbocycles. The van der Waals surface area contributed by atoms with E-state index < -0.39 is 0 Å². The minimum atomic E-state index is -0.0641. The molecule has 1 amide bonds. The first kappa shape index (κ1) is 14.0. The summed E-state index contributed by atoms with van der Waals surface area (Å²) in [6.07, 6.45) is 0. The fourth-order valence-electron chi connectivity index (χ4n) is 1.48. The molecule has 0 unspecified atom stereocenters. The van der Waals surface area contributed by atoms with Crippen LogP contribution in [0.25, 0.3) is 0 Å². The predicted molar refractivity (Wildman–Crippen MR) is 84.4 cm³/mol. The number of para-hydroxylation sites is 2. The first-order chi connectivity index (χ1) is 9.15. The molecule has 0 heterocycles. The van der Waals surface area contributed by atoms with Gasteiger partial charge in [0.15, 0.2) is 0 Å². The lowest BCUT2D eigenvalue weighted by molar-refractivity contribution is -0.113. The van der Waals surface area contributed by atoms with Crippen LogP contribution in [0.1, 0.15) is 0 Å². The summed E-state index contributed by atoms with van der Waals surface area (Å²) in [5.41, 5.74) is 7.00. The Balaban J connectivity index is 1.88. The van der Waals surface area contributed by atoms with Gasteiger partial charge in [0.1, 0.15) is 0 Å². The van der Waals surface area contributed by atoms with Gasteiger partial charge in [-0.15, -0.1) is 11.8 Å². The molecule has 2 aromatic rings. The van der Waals surface area contributed by atoms with Gasteiger partial charge in [0.2, 0.25) is 5.91 Å². The van der Waals surface area contributed by atoms with Crippen molar-refractivity contribution in [2.24, 2.45) is 0 Å². The number of carbonyl (C=O) groups excluding carboxylic acids is 1. The van der Waals surface area contributed by atoms with Gasteiger partial charge >= 0.3 is 0 Å². The van der Waals surface area contributed by atoms with Crippen LogP contribution in [0.5, 0.6) is 0 Å². The molecule has 0 atom stereocenters. The Morgan fingerprint density at radius 2 is 1.84 bits per heavy atom. The van der Waals surface area contributed by atoms with Crippen molar-refractivity contribution in [2.45, 2.75) is 4.90 Å². The fourth-order valence-corrected chi connectivity index (χ4v) is 2.44. The van der Waals surface area contributed by atoms with Crippen molar-refractivity contribution in [3.05, 3.63) is 53.0 Å². The van der Waals surface area contributed by atoms with Gasteiger partial charge in [-0.1, -0.05) is 28.1 Å². The number of nitrogens with one attached hydrogen (secondary N) is 1. The smallest absolute Gasteiger partial charge is 0.234 e. The zero-order valence-corrected chi connectivity index (χ0v) is 12.5. The third-order valence-corrected chi connectivity index (χ3v) is 3.96. The maximum Gasteiger partial charge on any atom is 0.234 e. The molecule has 0 spiro atoms. The summed E-state index contributed by atoms with van der Waals surface area (Å²) in [5, 5.41) is 2.80. The molecular formula is C14H13BrN2OS. The Labute approximate surface area is 124 Å². The quantitative estimate of drug-likeness (QED) is 0.660. The number of halogens is 1. The Morgan fingerprint density at radius 1 is 1.16 bits per heavy atom. The molecule has 0 bridgehead atoms. The van der Waals surface area contributed by atoms with Gasteiger partial charge in [0, 0.05) is 9.37 Å². The molecule has 0 aliphatic rings. The zero-order chi connectivity index (χ0) is 13.7. The van der Waals surface area contributed by atoms with E-state index in [0.29, 0.717) is 17.1 Å². The van der Waals surface area contributed by atoms with Gasteiger partial charge in [-0.25, -0.2) is 0 Å². The normalized spacial score (nSPS) is 10.2. The Hall–Kier alpha value is -1.46. The van der Waals surface area contributed by atoms with E-state index in [0.717, 1.165) is 9.37 Å². The van der Waals surface area contributed by atoms with E-state index in [1.54, 1.807) is 12.1 Å². The van der Waals surface area contributed by atoms with Crippen LogP contribution in [0.3, 0.4) is 0 Å². The van der Waals surface area contributed by atoms with Crippen LogP contribution in [0, 0.1) is 0 Å². The standard InChI is InChI=1S/C14H13BrN2OS/c15-10-5-7-11(8-6-10)19-9-14(18)17-13-4-2-1-3-12(13)16/h1-8H,9,16H2,(H,17,18). The highest BCUT2D eigenvalue weighted by Gasteiger charge is 2.05. The average Bonchev–Trinajstić information content (AvgIpc) is 2.41. The first-order valence-electron chi connectivity index (χ1n) is 5.68. The number of hydrogen-bond acceptors (Lipinski definition) is 3. The molecule has 0 aromatic heterocycles. The lowest BCUT2D eigenvalue weighted by Crippen LogP contribution is -2.15. The van der Waals surface area contributed by atoms with Crippen molar-refractivity contribution in [2.75, 3.05) is 16.8 Å². The number of nitrogens with two attached hydrogens (primary N) is 1. The Morgan fingerprint density at radius 3 is 2.53 bits per heavy atom. The van der Waals surface area contributed by atoms with Crippen molar-refractivity contribution in [3.8, 4) is 0 Å². The molecule has 5 heteroatoms. The maximum atomic E-state index is 11.8. The van der Waals surface area contributed by atoms with Crippen molar-refractivity contribution in [1.29, 1.82) is 0 Å². The third-order valence-electron chi connectivity index (χ3n) is 2.42. The van der Waals surface area contributed by atoms with E-state index in [1.165, 1.54) is 11.8 Å². The molecule has 0 saturated carbocycles. The summed E-state index contributed by atoms with van der Waals surface area (Å²) < 4.78 is 1.03. The minimum Gasteiger partial charge on any atom is -0.397 e. The number of carbonyl (C=O) groups is 1. The molecule has 0 fully saturated rings. The number of nitrogen functional groups attached to an aromatic ring is 1. The highest BCUT2D eigenvalue weighted by molar-refractivity contribution is 9.10. The van der Waals surface area contributed by atoms with Crippen LogP contribution in [0.4, 0.5) is 11.4 Å². The Kier molecular flexibility index (Phi) is 4.87. The van der Waals surface area contributed by atoms with Crippen LogP contribution in [0.15, 0.2) is 57.9 Å². The van der Waals surface area contributed by atoms with E-state index in [9.17, 15) is 4.79 Å².